The highest BCUT2D eigenvalue weighted by atomic mass is 32.2. The van der Waals surface area contributed by atoms with E-state index in [1.807, 2.05) is 12.1 Å². The van der Waals surface area contributed by atoms with Gasteiger partial charge in [-0.3, -0.25) is 9.69 Å². The molecular weight excluding hydrogens is 576 g/mol. The first-order chi connectivity index (χ1) is 19.2. The third kappa shape index (κ3) is 8.82. The van der Waals surface area contributed by atoms with E-state index in [2.05, 4.69) is 21.0 Å². The Morgan fingerprint density at radius 2 is 1.66 bits per heavy atom. The van der Waals surface area contributed by atoms with Crippen LogP contribution in [0.5, 0.6) is 5.75 Å². The number of carbonyl (C=O) groups is 1. The number of benzene rings is 2. The average Bonchev–Trinajstić information content (AvgIpc) is 2.88. The van der Waals surface area contributed by atoms with Gasteiger partial charge in [-0.2, -0.15) is 17.9 Å². The van der Waals surface area contributed by atoms with Crippen LogP contribution in [-0.4, -0.2) is 50.9 Å². The summed E-state index contributed by atoms with van der Waals surface area (Å²) in [6.07, 6.45) is -5.75. The Balaban J connectivity index is 1.41. The predicted octanol–water partition coefficient (Wildman–Crippen LogP) is 5.36. The minimum absolute atomic E-state index is 0.512. The van der Waals surface area contributed by atoms with Gasteiger partial charge in [0.15, 0.2) is 0 Å². The van der Waals surface area contributed by atoms with Crippen LogP contribution in [0, 0.1) is 0 Å². The van der Waals surface area contributed by atoms with Crippen LogP contribution in [0.2, 0.25) is 0 Å². The van der Waals surface area contributed by atoms with Gasteiger partial charge in [0.2, 0.25) is 15.9 Å². The first-order valence-corrected chi connectivity index (χ1v) is 14.8. The predicted molar refractivity (Wildman–Crippen MR) is 137 cm³/mol. The quantitative estimate of drug-likeness (QED) is 0.375. The summed E-state index contributed by atoms with van der Waals surface area (Å²) in [7, 11) is -4.84. The molecule has 226 valence electrons. The number of sulfonamides is 1. The summed E-state index contributed by atoms with van der Waals surface area (Å²) in [6, 6.07) is 5.36. The summed E-state index contributed by atoms with van der Waals surface area (Å²) in [5.74, 6) is -1.73. The molecule has 2 atom stereocenters. The first-order valence-electron chi connectivity index (χ1n) is 13.3. The molecule has 2 N–H and O–H groups in total. The smallest absolute Gasteiger partial charge is 0.406 e. The van der Waals surface area contributed by atoms with Crippen molar-refractivity contribution in [2.45, 2.75) is 81.0 Å². The normalized spacial score (nSPS) is 19.3. The van der Waals surface area contributed by atoms with Crippen molar-refractivity contribution in [3.63, 3.8) is 0 Å². The van der Waals surface area contributed by atoms with Crippen molar-refractivity contribution in [3.8, 4) is 5.75 Å². The number of nitrogens with zero attached hydrogens (tertiary/aromatic N) is 1. The third-order valence-corrected chi connectivity index (χ3v) is 8.65. The Bertz CT molecular complexity index is 1310. The molecule has 0 bridgehead atoms. The number of hydrogen-bond acceptors (Lipinski definition) is 5. The molecule has 0 saturated carbocycles. The van der Waals surface area contributed by atoms with Gasteiger partial charge in [-0.25, -0.2) is 8.42 Å². The number of carbonyl (C=O) groups excluding carboxylic acids is 1. The number of piperidine rings is 1. The molecule has 1 aliphatic carbocycles. The lowest BCUT2D eigenvalue weighted by atomic mass is 9.86. The molecular formula is C27H31F6N3O4S. The standard InChI is InChI=1S/C27H31F6N3O4S/c28-26(29,30)24(35-41(38,39)21-10-8-20(9-11-21)40-27(31,32)33)16-25(37)34-23-6-4-5-19-15-18(7-12-22(19)23)17-36-13-2-1-3-14-36/h7-12,15,23-24,35H,1-6,13-14,16-17H2,(H,34,37)/t23-,24-/m1/s1. The minimum Gasteiger partial charge on any atom is -0.406 e. The first kappa shape index (κ1) is 31.1. The van der Waals surface area contributed by atoms with Crippen LogP contribution in [0.4, 0.5) is 26.3 Å². The van der Waals surface area contributed by atoms with Gasteiger partial charge < -0.3 is 10.1 Å². The minimum atomic E-state index is -5.11. The van der Waals surface area contributed by atoms with Crippen LogP contribution >= 0.6 is 0 Å². The maximum Gasteiger partial charge on any atom is 0.573 e. The molecule has 41 heavy (non-hydrogen) atoms. The van der Waals surface area contributed by atoms with E-state index in [4.69, 9.17) is 0 Å². The molecule has 1 heterocycles. The molecule has 2 aromatic rings. The summed E-state index contributed by atoms with van der Waals surface area (Å²) in [5.41, 5.74) is 3.00. The summed E-state index contributed by atoms with van der Waals surface area (Å²) in [4.78, 5) is 14.4. The number of halogens is 6. The molecule has 0 radical (unpaired) electrons. The van der Waals surface area contributed by atoms with Crippen molar-refractivity contribution in [2.75, 3.05) is 13.1 Å². The fourth-order valence-corrected chi connectivity index (χ4v) is 6.45. The van der Waals surface area contributed by atoms with Crippen molar-refractivity contribution in [1.82, 2.24) is 14.9 Å². The van der Waals surface area contributed by atoms with E-state index in [1.54, 1.807) is 0 Å². The van der Waals surface area contributed by atoms with Gasteiger partial charge in [0, 0.05) is 6.54 Å². The zero-order valence-corrected chi connectivity index (χ0v) is 22.8. The van der Waals surface area contributed by atoms with Gasteiger partial charge in [-0.15, -0.1) is 13.2 Å². The molecule has 1 aliphatic heterocycles. The highest BCUT2D eigenvalue weighted by Crippen LogP contribution is 2.32. The lowest BCUT2D eigenvalue weighted by molar-refractivity contribution is -0.274. The van der Waals surface area contributed by atoms with Gasteiger partial charge in [-0.1, -0.05) is 24.6 Å². The average molecular weight is 608 g/mol. The van der Waals surface area contributed by atoms with Crippen LogP contribution in [0.15, 0.2) is 47.4 Å². The number of fused-ring (bicyclic) bond motifs is 1. The van der Waals surface area contributed by atoms with Crippen molar-refractivity contribution >= 4 is 15.9 Å². The maximum absolute atomic E-state index is 13.8. The van der Waals surface area contributed by atoms with Gasteiger partial charge in [0.25, 0.3) is 0 Å². The second kappa shape index (κ2) is 12.6. The van der Waals surface area contributed by atoms with E-state index in [1.165, 1.54) is 11.1 Å². The van der Waals surface area contributed by atoms with Crippen molar-refractivity contribution in [1.29, 1.82) is 0 Å². The monoisotopic (exact) mass is 607 g/mol. The molecule has 0 unspecified atom stereocenters. The van der Waals surface area contributed by atoms with Gasteiger partial charge in [0.1, 0.15) is 11.8 Å². The maximum atomic E-state index is 13.8. The number of hydrogen-bond donors (Lipinski definition) is 2. The van der Waals surface area contributed by atoms with E-state index < -0.39 is 57.6 Å². The van der Waals surface area contributed by atoms with Gasteiger partial charge in [0.05, 0.1) is 17.4 Å². The number of nitrogens with one attached hydrogen (secondary N) is 2. The molecule has 7 nitrogen and oxygen atoms in total. The summed E-state index contributed by atoms with van der Waals surface area (Å²) in [6.45, 7) is 2.89. The molecule has 0 aromatic heterocycles. The molecule has 1 saturated heterocycles. The SMILES string of the molecule is O=C(C[C@@H](NS(=O)(=O)c1ccc(OC(F)(F)F)cc1)C(F)(F)F)N[C@@H]1CCCc2cc(CN3CCCCC3)ccc21. The summed E-state index contributed by atoms with van der Waals surface area (Å²) >= 11 is 0. The molecule has 2 aliphatic rings. The van der Waals surface area contributed by atoms with E-state index in [9.17, 15) is 39.6 Å². The lowest BCUT2D eigenvalue weighted by Crippen LogP contribution is -2.48. The Hall–Kier alpha value is -2.84. The topological polar surface area (TPSA) is 87.7 Å². The van der Waals surface area contributed by atoms with Gasteiger partial charge in [-0.05, 0) is 86.1 Å². The fourth-order valence-electron chi connectivity index (χ4n) is 5.23. The van der Waals surface area contributed by atoms with Crippen molar-refractivity contribution in [3.05, 3.63) is 59.2 Å². The Morgan fingerprint density at radius 3 is 2.29 bits per heavy atom. The van der Waals surface area contributed by atoms with Crippen molar-refractivity contribution < 1.29 is 44.3 Å². The number of likely N-dealkylation sites (tertiary alicyclic amines) is 1. The molecule has 1 fully saturated rings. The third-order valence-electron chi connectivity index (χ3n) is 7.16. The Labute approximate surface area is 234 Å². The van der Waals surface area contributed by atoms with E-state index >= 15 is 0 Å². The molecule has 2 aromatic carbocycles. The zero-order valence-electron chi connectivity index (χ0n) is 22.0. The second-order valence-electron chi connectivity index (χ2n) is 10.3. The number of amides is 1. The molecule has 0 spiro atoms. The summed E-state index contributed by atoms with van der Waals surface area (Å²) < 4.78 is 109. The highest BCUT2D eigenvalue weighted by molar-refractivity contribution is 7.89. The molecule has 14 heteroatoms. The number of aryl methyl sites for hydroxylation is 1. The fraction of sp³-hybridized carbons (Fsp3) is 0.519. The zero-order chi connectivity index (χ0) is 29.8. The number of ether oxygens (including phenoxy) is 1. The second-order valence-corrected chi connectivity index (χ2v) is 12.0. The van der Waals surface area contributed by atoms with Crippen LogP contribution < -0.4 is 14.8 Å². The van der Waals surface area contributed by atoms with Crippen LogP contribution in [0.25, 0.3) is 0 Å². The number of alkyl halides is 6. The summed E-state index contributed by atoms with van der Waals surface area (Å²) in [5, 5.41) is 2.63. The highest BCUT2D eigenvalue weighted by Gasteiger charge is 2.44. The van der Waals surface area contributed by atoms with E-state index in [0.717, 1.165) is 62.0 Å². The van der Waals surface area contributed by atoms with E-state index in [0.29, 0.717) is 30.7 Å². The van der Waals surface area contributed by atoms with Gasteiger partial charge >= 0.3 is 12.5 Å². The lowest BCUT2D eigenvalue weighted by Gasteiger charge is -2.30. The van der Waals surface area contributed by atoms with Crippen LogP contribution in [0.1, 0.15) is 61.3 Å². The largest absolute Gasteiger partial charge is 0.573 e. The molecule has 1 amide bonds. The Morgan fingerprint density at radius 1 is 0.976 bits per heavy atom. The number of rotatable bonds is 9. The van der Waals surface area contributed by atoms with Crippen LogP contribution in [-0.2, 0) is 27.8 Å². The van der Waals surface area contributed by atoms with Crippen molar-refractivity contribution in [2.24, 2.45) is 0 Å². The molecule has 4 rings (SSSR count). The Kier molecular flexibility index (Phi) is 9.54. The van der Waals surface area contributed by atoms with Crippen LogP contribution in [0.3, 0.4) is 0 Å². The van der Waals surface area contributed by atoms with E-state index in [-0.39, 0.29) is 0 Å².